The van der Waals surface area contributed by atoms with Crippen LogP contribution in [0.25, 0.3) is 0 Å². The summed E-state index contributed by atoms with van der Waals surface area (Å²) in [6, 6.07) is 11.1. The minimum absolute atomic E-state index is 0.173. The van der Waals surface area contributed by atoms with Gasteiger partial charge in [0.25, 0.3) is 0 Å². The Morgan fingerprint density at radius 2 is 2.05 bits per heavy atom. The molecule has 2 aromatic rings. The molecule has 0 saturated heterocycles. The van der Waals surface area contributed by atoms with Gasteiger partial charge >= 0.3 is 0 Å². The van der Waals surface area contributed by atoms with E-state index in [0.29, 0.717) is 0 Å². The molecule has 1 aliphatic rings. The van der Waals surface area contributed by atoms with Crippen LogP contribution in [0, 0.1) is 6.92 Å². The Morgan fingerprint density at radius 1 is 1.25 bits per heavy atom. The Bertz CT molecular complexity index is 568. The van der Waals surface area contributed by atoms with Crippen molar-refractivity contribution in [1.29, 1.82) is 0 Å². The number of hydrogen-bond donors (Lipinski definition) is 1. The molecule has 1 fully saturated rings. The standard InChI is InChI=1S/C18H23NO/c1-3-19-17(18-13(2)11-12-20-18)16-10-5-4-9-15(16)14-7-6-8-14/h4-5,9-12,14,17,19H,3,6-8H2,1-2H3. The first-order valence-electron chi connectivity index (χ1n) is 7.67. The third-order valence-corrected chi connectivity index (χ3v) is 4.42. The minimum Gasteiger partial charge on any atom is -0.467 e. The second kappa shape index (κ2) is 5.84. The van der Waals surface area contributed by atoms with Crippen LogP contribution in [0.1, 0.15) is 60.6 Å². The summed E-state index contributed by atoms with van der Waals surface area (Å²) in [4.78, 5) is 0. The van der Waals surface area contributed by atoms with Crippen LogP contribution in [-0.4, -0.2) is 6.54 Å². The predicted octanol–water partition coefficient (Wildman–Crippen LogP) is 4.55. The summed E-state index contributed by atoms with van der Waals surface area (Å²) < 4.78 is 5.76. The van der Waals surface area contributed by atoms with Gasteiger partial charge in [0, 0.05) is 0 Å². The number of aryl methyl sites for hydroxylation is 1. The molecule has 1 aromatic heterocycles. The highest BCUT2D eigenvalue weighted by Gasteiger charge is 2.27. The summed E-state index contributed by atoms with van der Waals surface area (Å²) in [6.07, 6.45) is 5.81. The van der Waals surface area contributed by atoms with Gasteiger partial charge in [0.2, 0.25) is 0 Å². The lowest BCUT2D eigenvalue weighted by Gasteiger charge is -2.30. The number of nitrogens with one attached hydrogen (secondary N) is 1. The highest BCUT2D eigenvalue weighted by molar-refractivity contribution is 5.39. The van der Waals surface area contributed by atoms with Crippen LogP contribution in [0.2, 0.25) is 0 Å². The van der Waals surface area contributed by atoms with E-state index in [0.717, 1.165) is 18.2 Å². The van der Waals surface area contributed by atoms with Crippen molar-refractivity contribution in [2.45, 2.75) is 45.1 Å². The first-order valence-corrected chi connectivity index (χ1v) is 7.67. The van der Waals surface area contributed by atoms with E-state index in [1.165, 1.54) is 36.0 Å². The largest absolute Gasteiger partial charge is 0.467 e. The van der Waals surface area contributed by atoms with Crippen molar-refractivity contribution >= 4 is 0 Å². The maximum Gasteiger partial charge on any atom is 0.128 e. The van der Waals surface area contributed by atoms with E-state index in [1.54, 1.807) is 6.26 Å². The fourth-order valence-corrected chi connectivity index (χ4v) is 3.09. The Morgan fingerprint density at radius 3 is 2.65 bits per heavy atom. The van der Waals surface area contributed by atoms with Crippen LogP contribution in [0.4, 0.5) is 0 Å². The quantitative estimate of drug-likeness (QED) is 0.861. The van der Waals surface area contributed by atoms with Gasteiger partial charge in [-0.15, -0.1) is 0 Å². The molecule has 1 saturated carbocycles. The van der Waals surface area contributed by atoms with Gasteiger partial charge < -0.3 is 9.73 Å². The zero-order valence-corrected chi connectivity index (χ0v) is 12.4. The van der Waals surface area contributed by atoms with E-state index in [9.17, 15) is 0 Å². The van der Waals surface area contributed by atoms with Crippen molar-refractivity contribution in [3.8, 4) is 0 Å². The lowest BCUT2D eigenvalue weighted by Crippen LogP contribution is -2.24. The van der Waals surface area contributed by atoms with E-state index in [-0.39, 0.29) is 6.04 Å². The second-order valence-electron chi connectivity index (χ2n) is 5.72. The molecule has 2 nitrogen and oxygen atoms in total. The lowest BCUT2D eigenvalue weighted by molar-refractivity contribution is 0.406. The highest BCUT2D eigenvalue weighted by Crippen LogP contribution is 2.40. The SMILES string of the molecule is CCNC(c1ccccc1C1CCC1)c1occc1C. The molecule has 1 heterocycles. The van der Waals surface area contributed by atoms with Crippen LogP contribution in [-0.2, 0) is 0 Å². The number of hydrogen-bond acceptors (Lipinski definition) is 2. The highest BCUT2D eigenvalue weighted by atomic mass is 16.3. The molecule has 0 spiro atoms. The van der Waals surface area contributed by atoms with Crippen molar-refractivity contribution in [3.63, 3.8) is 0 Å². The van der Waals surface area contributed by atoms with Gasteiger partial charge in [-0.2, -0.15) is 0 Å². The Labute approximate surface area is 121 Å². The summed E-state index contributed by atoms with van der Waals surface area (Å²) in [5.41, 5.74) is 4.11. The first kappa shape index (κ1) is 13.4. The molecule has 0 radical (unpaired) electrons. The molecule has 1 atom stereocenters. The zero-order valence-electron chi connectivity index (χ0n) is 12.4. The molecule has 2 heteroatoms. The van der Waals surface area contributed by atoms with Crippen molar-refractivity contribution in [2.75, 3.05) is 6.54 Å². The molecule has 1 N–H and O–H groups in total. The van der Waals surface area contributed by atoms with Gasteiger partial charge in [0.15, 0.2) is 0 Å². The average Bonchev–Trinajstić information content (AvgIpc) is 2.81. The van der Waals surface area contributed by atoms with Gasteiger partial charge in [-0.3, -0.25) is 0 Å². The van der Waals surface area contributed by atoms with Crippen molar-refractivity contribution in [2.24, 2.45) is 0 Å². The summed E-state index contributed by atoms with van der Waals surface area (Å²) in [7, 11) is 0. The van der Waals surface area contributed by atoms with E-state index in [4.69, 9.17) is 4.42 Å². The maximum absolute atomic E-state index is 5.76. The number of benzene rings is 1. The number of furan rings is 1. The van der Waals surface area contributed by atoms with E-state index in [2.05, 4.69) is 43.4 Å². The fraction of sp³-hybridized carbons (Fsp3) is 0.444. The molecule has 0 aliphatic heterocycles. The molecule has 3 rings (SSSR count). The van der Waals surface area contributed by atoms with E-state index in [1.807, 2.05) is 6.07 Å². The van der Waals surface area contributed by atoms with Crippen molar-refractivity contribution < 1.29 is 4.42 Å². The third-order valence-electron chi connectivity index (χ3n) is 4.42. The zero-order chi connectivity index (χ0) is 13.9. The van der Waals surface area contributed by atoms with Gasteiger partial charge in [-0.05, 0) is 55.0 Å². The second-order valence-corrected chi connectivity index (χ2v) is 5.72. The van der Waals surface area contributed by atoms with Gasteiger partial charge in [-0.1, -0.05) is 37.6 Å². The molecule has 1 aliphatic carbocycles. The summed E-state index contributed by atoms with van der Waals surface area (Å²) >= 11 is 0. The molecule has 1 unspecified atom stereocenters. The minimum atomic E-state index is 0.173. The normalized spacial score (nSPS) is 16.9. The number of rotatable bonds is 5. The van der Waals surface area contributed by atoms with Gasteiger partial charge in [-0.25, -0.2) is 0 Å². The maximum atomic E-state index is 5.76. The monoisotopic (exact) mass is 269 g/mol. The van der Waals surface area contributed by atoms with E-state index < -0.39 is 0 Å². The molecular weight excluding hydrogens is 246 g/mol. The van der Waals surface area contributed by atoms with Crippen LogP contribution < -0.4 is 5.32 Å². The van der Waals surface area contributed by atoms with E-state index >= 15 is 0 Å². The lowest BCUT2D eigenvalue weighted by atomic mass is 9.77. The molecular formula is C18H23NO. The third kappa shape index (κ3) is 2.40. The molecule has 0 bridgehead atoms. The molecule has 106 valence electrons. The predicted molar refractivity (Wildman–Crippen MR) is 82.0 cm³/mol. The van der Waals surface area contributed by atoms with Gasteiger partial charge in [0.1, 0.15) is 5.76 Å². The Hall–Kier alpha value is -1.54. The topological polar surface area (TPSA) is 25.2 Å². The summed E-state index contributed by atoms with van der Waals surface area (Å²) in [5.74, 6) is 1.79. The molecule has 1 aromatic carbocycles. The fourth-order valence-electron chi connectivity index (χ4n) is 3.09. The van der Waals surface area contributed by atoms with Crippen LogP contribution in [0.5, 0.6) is 0 Å². The molecule has 20 heavy (non-hydrogen) atoms. The van der Waals surface area contributed by atoms with Crippen LogP contribution >= 0.6 is 0 Å². The average molecular weight is 269 g/mol. The van der Waals surface area contributed by atoms with Crippen LogP contribution in [0.3, 0.4) is 0 Å². The summed E-state index contributed by atoms with van der Waals surface area (Å²) in [5, 5.41) is 3.59. The van der Waals surface area contributed by atoms with Crippen molar-refractivity contribution in [3.05, 3.63) is 59.0 Å². The summed E-state index contributed by atoms with van der Waals surface area (Å²) in [6.45, 7) is 5.20. The van der Waals surface area contributed by atoms with Crippen molar-refractivity contribution in [1.82, 2.24) is 5.32 Å². The van der Waals surface area contributed by atoms with Crippen LogP contribution in [0.15, 0.2) is 41.0 Å². The molecule has 0 amide bonds. The smallest absolute Gasteiger partial charge is 0.128 e. The van der Waals surface area contributed by atoms with Gasteiger partial charge in [0.05, 0.1) is 12.3 Å². The first-order chi connectivity index (χ1) is 9.81. The Kier molecular flexibility index (Phi) is 3.93. The Balaban J connectivity index is 2.01.